The SMILES string of the molecule is C=COCCOC(CCCC(N)=O)CCC(N)=O. The van der Waals surface area contributed by atoms with Gasteiger partial charge >= 0.3 is 0 Å². The van der Waals surface area contributed by atoms with Crippen LogP contribution in [0, 0.1) is 0 Å². The molecule has 1 unspecified atom stereocenters. The van der Waals surface area contributed by atoms with Gasteiger partial charge in [0.2, 0.25) is 11.8 Å². The van der Waals surface area contributed by atoms with Crippen LogP contribution in [0.2, 0.25) is 0 Å². The molecule has 0 heterocycles. The molecule has 6 nitrogen and oxygen atoms in total. The van der Waals surface area contributed by atoms with Gasteiger partial charge in [0, 0.05) is 12.8 Å². The zero-order valence-electron chi connectivity index (χ0n) is 10.6. The molecule has 0 aliphatic carbocycles. The largest absolute Gasteiger partial charge is 0.499 e. The van der Waals surface area contributed by atoms with Crippen molar-refractivity contribution in [3.63, 3.8) is 0 Å². The van der Waals surface area contributed by atoms with Crippen LogP contribution >= 0.6 is 0 Å². The minimum absolute atomic E-state index is 0.106. The first kappa shape index (κ1) is 16.4. The van der Waals surface area contributed by atoms with Gasteiger partial charge in [-0.25, -0.2) is 0 Å². The molecule has 1 atom stereocenters. The number of ether oxygens (including phenoxy) is 2. The Labute approximate surface area is 107 Å². The normalized spacial score (nSPS) is 11.8. The number of nitrogens with two attached hydrogens (primary N) is 2. The van der Waals surface area contributed by atoms with E-state index in [0.717, 1.165) is 0 Å². The number of rotatable bonds is 12. The lowest BCUT2D eigenvalue weighted by molar-refractivity contribution is -0.120. The molecule has 0 aromatic heterocycles. The van der Waals surface area contributed by atoms with Gasteiger partial charge in [0.05, 0.1) is 19.0 Å². The molecule has 0 aliphatic heterocycles. The van der Waals surface area contributed by atoms with E-state index >= 15 is 0 Å². The molecular weight excluding hydrogens is 236 g/mol. The minimum atomic E-state index is -0.360. The van der Waals surface area contributed by atoms with E-state index in [2.05, 4.69) is 6.58 Å². The summed E-state index contributed by atoms with van der Waals surface area (Å²) >= 11 is 0. The minimum Gasteiger partial charge on any atom is -0.499 e. The number of hydrogen-bond acceptors (Lipinski definition) is 4. The van der Waals surface area contributed by atoms with E-state index < -0.39 is 0 Å². The zero-order valence-corrected chi connectivity index (χ0v) is 10.6. The molecular formula is C12H22N2O4. The molecule has 0 spiro atoms. The van der Waals surface area contributed by atoms with Crippen LogP contribution in [0.5, 0.6) is 0 Å². The van der Waals surface area contributed by atoms with E-state index in [-0.39, 0.29) is 24.3 Å². The molecule has 0 aromatic carbocycles. The number of primary amides is 2. The molecule has 18 heavy (non-hydrogen) atoms. The third-order valence-corrected chi connectivity index (χ3v) is 2.33. The van der Waals surface area contributed by atoms with Gasteiger partial charge in [0.15, 0.2) is 0 Å². The van der Waals surface area contributed by atoms with E-state index in [0.29, 0.717) is 38.9 Å². The molecule has 6 heteroatoms. The Kier molecular flexibility index (Phi) is 9.67. The molecule has 2 amide bonds. The first-order valence-corrected chi connectivity index (χ1v) is 5.97. The Balaban J connectivity index is 3.86. The number of hydrogen-bond donors (Lipinski definition) is 2. The average Bonchev–Trinajstić information content (AvgIpc) is 2.30. The van der Waals surface area contributed by atoms with E-state index in [1.807, 2.05) is 0 Å². The fraction of sp³-hybridized carbons (Fsp3) is 0.667. The Bertz CT molecular complexity index is 269. The molecule has 0 saturated carbocycles. The zero-order chi connectivity index (χ0) is 13.8. The first-order valence-electron chi connectivity index (χ1n) is 5.97. The van der Waals surface area contributed by atoms with E-state index in [1.54, 1.807) is 0 Å². The topological polar surface area (TPSA) is 105 Å². The van der Waals surface area contributed by atoms with Crippen LogP contribution in [-0.2, 0) is 19.1 Å². The molecule has 104 valence electrons. The van der Waals surface area contributed by atoms with Crippen molar-refractivity contribution in [2.24, 2.45) is 11.5 Å². The highest BCUT2D eigenvalue weighted by Crippen LogP contribution is 2.11. The van der Waals surface area contributed by atoms with Crippen molar-refractivity contribution < 1.29 is 19.1 Å². The maximum Gasteiger partial charge on any atom is 0.217 e. The highest BCUT2D eigenvalue weighted by molar-refractivity contribution is 5.74. The van der Waals surface area contributed by atoms with Crippen molar-refractivity contribution in [1.82, 2.24) is 0 Å². The molecule has 0 bridgehead atoms. The third-order valence-electron chi connectivity index (χ3n) is 2.33. The van der Waals surface area contributed by atoms with E-state index in [9.17, 15) is 9.59 Å². The summed E-state index contributed by atoms with van der Waals surface area (Å²) in [5.74, 6) is -0.695. The van der Waals surface area contributed by atoms with Crippen LogP contribution in [0.4, 0.5) is 0 Å². The summed E-state index contributed by atoms with van der Waals surface area (Å²) in [6.07, 6.45) is 3.68. The predicted octanol–water partition coefficient (Wildman–Crippen LogP) is 0.453. The van der Waals surface area contributed by atoms with Crippen molar-refractivity contribution in [2.45, 2.75) is 38.2 Å². The van der Waals surface area contributed by atoms with Crippen LogP contribution in [0.25, 0.3) is 0 Å². The highest BCUT2D eigenvalue weighted by atomic mass is 16.5. The summed E-state index contributed by atoms with van der Waals surface area (Å²) in [5.41, 5.74) is 10.1. The maximum absolute atomic E-state index is 10.7. The van der Waals surface area contributed by atoms with Gasteiger partial charge in [-0.2, -0.15) is 0 Å². The average molecular weight is 258 g/mol. The van der Waals surface area contributed by atoms with Crippen molar-refractivity contribution >= 4 is 11.8 Å². The Morgan fingerprint density at radius 1 is 1.11 bits per heavy atom. The van der Waals surface area contributed by atoms with Gasteiger partial charge in [-0.1, -0.05) is 6.58 Å². The molecule has 0 radical (unpaired) electrons. The molecule has 0 aliphatic rings. The monoisotopic (exact) mass is 258 g/mol. The quantitative estimate of drug-likeness (QED) is 0.391. The van der Waals surface area contributed by atoms with Gasteiger partial charge in [-0.15, -0.1) is 0 Å². The van der Waals surface area contributed by atoms with Crippen LogP contribution in [0.15, 0.2) is 12.8 Å². The Morgan fingerprint density at radius 3 is 2.33 bits per heavy atom. The standard InChI is InChI=1S/C12H22N2O4/c1-2-17-8-9-18-10(6-7-12(14)16)4-3-5-11(13)15/h2,10H,1,3-9H2,(H2,13,15)(H2,14,16). The van der Waals surface area contributed by atoms with Crippen molar-refractivity contribution in [1.29, 1.82) is 0 Å². The summed E-state index contributed by atoms with van der Waals surface area (Å²) < 4.78 is 10.5. The predicted molar refractivity (Wildman–Crippen MR) is 67.4 cm³/mol. The summed E-state index contributed by atoms with van der Waals surface area (Å²) in [4.78, 5) is 21.3. The lowest BCUT2D eigenvalue weighted by Gasteiger charge is -2.16. The first-order chi connectivity index (χ1) is 8.56. The molecule has 0 aromatic rings. The summed E-state index contributed by atoms with van der Waals surface area (Å²) in [7, 11) is 0. The lowest BCUT2D eigenvalue weighted by atomic mass is 10.1. The van der Waals surface area contributed by atoms with Crippen LogP contribution in [-0.4, -0.2) is 31.1 Å². The summed E-state index contributed by atoms with van der Waals surface area (Å²) in [6.45, 7) is 4.23. The van der Waals surface area contributed by atoms with Crippen molar-refractivity contribution in [2.75, 3.05) is 13.2 Å². The lowest BCUT2D eigenvalue weighted by Crippen LogP contribution is -2.20. The van der Waals surface area contributed by atoms with Gasteiger partial charge in [-0.3, -0.25) is 9.59 Å². The Hall–Kier alpha value is -1.56. The summed E-state index contributed by atoms with van der Waals surface area (Å²) in [5, 5.41) is 0. The second-order valence-corrected chi connectivity index (χ2v) is 3.89. The van der Waals surface area contributed by atoms with Gasteiger partial charge in [0.1, 0.15) is 6.61 Å². The third kappa shape index (κ3) is 10.9. The molecule has 0 fully saturated rings. The van der Waals surface area contributed by atoms with Gasteiger partial charge in [0.25, 0.3) is 0 Å². The molecule has 0 saturated heterocycles. The van der Waals surface area contributed by atoms with Gasteiger partial charge < -0.3 is 20.9 Å². The van der Waals surface area contributed by atoms with Crippen LogP contribution in [0.3, 0.4) is 0 Å². The highest BCUT2D eigenvalue weighted by Gasteiger charge is 2.11. The van der Waals surface area contributed by atoms with Crippen LogP contribution in [0.1, 0.15) is 32.1 Å². The fourth-order valence-corrected chi connectivity index (χ4v) is 1.46. The second kappa shape index (κ2) is 10.6. The smallest absolute Gasteiger partial charge is 0.217 e. The van der Waals surface area contributed by atoms with Gasteiger partial charge in [-0.05, 0) is 19.3 Å². The number of carbonyl (C=O) groups is 2. The molecule has 0 rings (SSSR count). The Morgan fingerprint density at radius 2 is 1.78 bits per heavy atom. The number of carbonyl (C=O) groups excluding carboxylic acids is 2. The van der Waals surface area contributed by atoms with E-state index in [4.69, 9.17) is 20.9 Å². The summed E-state index contributed by atoms with van der Waals surface area (Å²) in [6, 6.07) is 0. The van der Waals surface area contributed by atoms with E-state index in [1.165, 1.54) is 6.26 Å². The maximum atomic E-state index is 10.7. The van der Waals surface area contributed by atoms with Crippen LogP contribution < -0.4 is 11.5 Å². The van der Waals surface area contributed by atoms with Crippen molar-refractivity contribution in [3.8, 4) is 0 Å². The fourth-order valence-electron chi connectivity index (χ4n) is 1.46. The molecule has 4 N–H and O–H groups in total. The van der Waals surface area contributed by atoms with Crippen molar-refractivity contribution in [3.05, 3.63) is 12.8 Å². The number of amides is 2. The second-order valence-electron chi connectivity index (χ2n) is 3.89.